The third-order valence-electron chi connectivity index (χ3n) is 2.93. The molecule has 5 N–H and O–H groups in total. The Morgan fingerprint density at radius 1 is 1.57 bits per heavy atom. The fraction of sp³-hybridized carbons (Fsp3) is 0.462. The van der Waals surface area contributed by atoms with Crippen LogP contribution in [-0.2, 0) is 20.8 Å². The number of rotatable bonds is 7. The Kier molecular flexibility index (Phi) is 6.23. The van der Waals surface area contributed by atoms with Crippen molar-refractivity contribution in [2.24, 2.45) is 5.73 Å². The monoisotopic (exact) mass is 327 g/mol. The van der Waals surface area contributed by atoms with Gasteiger partial charge in [-0.15, -0.1) is 6.42 Å². The average Bonchev–Trinajstić information content (AvgIpc) is 2.48. The molecule has 0 saturated heterocycles. The van der Waals surface area contributed by atoms with E-state index in [0.29, 0.717) is 0 Å². The molecule has 0 aromatic carbocycles. The van der Waals surface area contributed by atoms with E-state index in [9.17, 15) is 24.6 Å². The van der Waals surface area contributed by atoms with E-state index in [0.717, 1.165) is 17.9 Å². The van der Waals surface area contributed by atoms with Crippen LogP contribution >= 0.6 is 0 Å². The van der Waals surface area contributed by atoms with Crippen molar-refractivity contribution in [1.82, 2.24) is 9.55 Å². The summed E-state index contributed by atoms with van der Waals surface area (Å²) in [5.74, 6) is -1.86. The number of aliphatic hydroxyl groups is 2. The van der Waals surface area contributed by atoms with Crippen molar-refractivity contribution in [2.45, 2.75) is 25.0 Å². The van der Waals surface area contributed by atoms with Gasteiger partial charge in [-0.3, -0.25) is 19.1 Å². The average molecular weight is 327 g/mol. The summed E-state index contributed by atoms with van der Waals surface area (Å²) in [4.78, 5) is 36.1. The standard InChI is InChI=1S/C13H17N3O7/c1-3-8-7-16(12(19)15-11(8)18)5-4-9(22-2)13(20,21)23-10(17)6-14/h1,7,9,20-21H,4-6,14H2,2H3,(H,15,18,19). The highest BCUT2D eigenvalue weighted by Crippen LogP contribution is 2.16. The van der Waals surface area contributed by atoms with E-state index in [-0.39, 0.29) is 18.5 Å². The van der Waals surface area contributed by atoms with Gasteiger partial charge in [-0.05, 0) is 0 Å². The summed E-state index contributed by atoms with van der Waals surface area (Å²) in [5, 5.41) is 19.4. The Bertz CT molecular complexity index is 714. The van der Waals surface area contributed by atoms with Crippen molar-refractivity contribution in [3.8, 4) is 12.3 Å². The minimum Gasteiger partial charge on any atom is -0.405 e. The number of carbonyl (C=O) groups is 1. The molecule has 23 heavy (non-hydrogen) atoms. The van der Waals surface area contributed by atoms with Crippen molar-refractivity contribution in [3.63, 3.8) is 0 Å². The third kappa shape index (κ3) is 4.76. The van der Waals surface area contributed by atoms with Crippen LogP contribution in [0.1, 0.15) is 12.0 Å². The van der Waals surface area contributed by atoms with Gasteiger partial charge in [0.05, 0.1) is 6.54 Å². The fourth-order valence-electron chi connectivity index (χ4n) is 1.77. The molecule has 0 radical (unpaired) electrons. The topological polar surface area (TPSA) is 157 Å². The predicted molar refractivity (Wildman–Crippen MR) is 77.0 cm³/mol. The van der Waals surface area contributed by atoms with E-state index in [1.165, 1.54) is 0 Å². The minimum atomic E-state index is -2.92. The summed E-state index contributed by atoms with van der Waals surface area (Å²) in [7, 11) is 1.16. The largest absolute Gasteiger partial charge is 0.405 e. The predicted octanol–water partition coefficient (Wildman–Crippen LogP) is -2.94. The molecule has 0 saturated carbocycles. The number of nitrogens with two attached hydrogens (primary N) is 1. The lowest BCUT2D eigenvalue weighted by molar-refractivity contribution is -0.361. The Morgan fingerprint density at radius 3 is 2.74 bits per heavy atom. The van der Waals surface area contributed by atoms with Crippen molar-refractivity contribution < 1.29 is 24.5 Å². The number of nitrogens with one attached hydrogen (secondary N) is 1. The van der Waals surface area contributed by atoms with Crippen LogP contribution in [0.5, 0.6) is 0 Å². The molecule has 10 nitrogen and oxygen atoms in total. The smallest absolute Gasteiger partial charge is 0.352 e. The summed E-state index contributed by atoms with van der Waals surface area (Å²) < 4.78 is 10.3. The molecular weight excluding hydrogens is 310 g/mol. The second kappa shape index (κ2) is 7.70. The number of aromatic amines is 1. The van der Waals surface area contributed by atoms with Gasteiger partial charge in [0.25, 0.3) is 5.56 Å². The summed E-state index contributed by atoms with van der Waals surface area (Å²) in [6, 6.07) is 0. The van der Waals surface area contributed by atoms with E-state index in [1.54, 1.807) is 0 Å². The third-order valence-corrected chi connectivity index (χ3v) is 2.93. The van der Waals surface area contributed by atoms with E-state index < -0.39 is 35.8 Å². The highest BCUT2D eigenvalue weighted by atomic mass is 16.8. The van der Waals surface area contributed by atoms with Crippen LogP contribution in [-0.4, -0.2) is 51.5 Å². The van der Waals surface area contributed by atoms with Gasteiger partial charge >= 0.3 is 17.6 Å². The summed E-state index contributed by atoms with van der Waals surface area (Å²) >= 11 is 0. The first-order valence-electron chi connectivity index (χ1n) is 6.45. The van der Waals surface area contributed by atoms with E-state index in [2.05, 4.69) is 10.7 Å². The lowest BCUT2D eigenvalue weighted by Crippen LogP contribution is -2.49. The van der Waals surface area contributed by atoms with Gasteiger partial charge in [0.1, 0.15) is 5.56 Å². The SMILES string of the molecule is C#Cc1cn(CCC(OC)C(O)(O)OC(=O)CN)c(=O)[nH]c1=O. The van der Waals surface area contributed by atoms with Gasteiger partial charge in [-0.2, -0.15) is 0 Å². The molecule has 0 fully saturated rings. The van der Waals surface area contributed by atoms with E-state index in [1.807, 2.05) is 4.98 Å². The van der Waals surface area contributed by atoms with Crippen molar-refractivity contribution in [3.05, 3.63) is 32.6 Å². The molecule has 1 aromatic heterocycles. The van der Waals surface area contributed by atoms with Crippen LogP contribution in [0, 0.1) is 12.3 Å². The molecule has 1 atom stereocenters. The van der Waals surface area contributed by atoms with Crippen molar-refractivity contribution in [2.75, 3.05) is 13.7 Å². The lowest BCUT2D eigenvalue weighted by Gasteiger charge is -2.29. The zero-order valence-corrected chi connectivity index (χ0v) is 12.3. The maximum absolute atomic E-state index is 11.7. The molecule has 1 heterocycles. The molecule has 0 spiro atoms. The lowest BCUT2D eigenvalue weighted by atomic mass is 10.2. The number of H-pyrrole nitrogens is 1. The van der Waals surface area contributed by atoms with Crippen molar-refractivity contribution >= 4 is 5.97 Å². The maximum Gasteiger partial charge on any atom is 0.352 e. The molecule has 10 heteroatoms. The number of aromatic nitrogens is 2. The number of nitrogens with zero attached hydrogens (tertiary/aromatic N) is 1. The van der Waals surface area contributed by atoms with Crippen LogP contribution < -0.4 is 17.0 Å². The van der Waals surface area contributed by atoms with E-state index in [4.69, 9.17) is 16.9 Å². The highest BCUT2D eigenvalue weighted by molar-refractivity contribution is 5.71. The fourth-order valence-corrected chi connectivity index (χ4v) is 1.77. The Labute approximate surface area is 130 Å². The van der Waals surface area contributed by atoms with E-state index >= 15 is 0 Å². The first kappa shape index (κ1) is 18.6. The van der Waals surface area contributed by atoms with Gasteiger partial charge in [0.15, 0.2) is 6.10 Å². The maximum atomic E-state index is 11.7. The molecule has 0 amide bonds. The second-order valence-electron chi connectivity index (χ2n) is 4.49. The summed E-state index contributed by atoms with van der Waals surface area (Å²) in [5.41, 5.74) is 3.52. The highest BCUT2D eigenvalue weighted by Gasteiger charge is 2.39. The van der Waals surface area contributed by atoms with Gasteiger partial charge in [-0.1, -0.05) is 5.92 Å². The van der Waals surface area contributed by atoms with Crippen LogP contribution in [0.4, 0.5) is 0 Å². The summed E-state index contributed by atoms with van der Waals surface area (Å²) in [6.07, 6.45) is 4.77. The number of ether oxygens (including phenoxy) is 2. The normalized spacial score (nSPS) is 12.5. The number of hydrogen-bond acceptors (Lipinski definition) is 8. The zero-order valence-electron chi connectivity index (χ0n) is 12.3. The van der Waals surface area contributed by atoms with Crippen LogP contribution in [0.3, 0.4) is 0 Å². The molecule has 0 aliphatic rings. The van der Waals surface area contributed by atoms with Crippen LogP contribution in [0.25, 0.3) is 0 Å². The van der Waals surface area contributed by atoms with Crippen LogP contribution in [0.15, 0.2) is 15.8 Å². The molecule has 0 aliphatic heterocycles. The molecular formula is C13H17N3O7. The Morgan fingerprint density at radius 2 is 2.22 bits per heavy atom. The molecule has 0 bridgehead atoms. The molecule has 0 aliphatic carbocycles. The number of aryl methyl sites for hydroxylation is 1. The number of hydrogen-bond donors (Lipinski definition) is 4. The molecule has 1 unspecified atom stereocenters. The first-order chi connectivity index (χ1) is 10.7. The van der Waals surface area contributed by atoms with Gasteiger partial charge in [0.2, 0.25) is 0 Å². The zero-order chi connectivity index (χ0) is 17.6. The van der Waals surface area contributed by atoms with Gasteiger partial charge < -0.3 is 25.4 Å². The number of terminal acetylenes is 1. The van der Waals surface area contributed by atoms with Crippen molar-refractivity contribution in [1.29, 1.82) is 0 Å². The molecule has 126 valence electrons. The molecule has 1 aromatic rings. The van der Waals surface area contributed by atoms with Gasteiger partial charge in [-0.25, -0.2) is 4.79 Å². The van der Waals surface area contributed by atoms with Crippen LogP contribution in [0.2, 0.25) is 0 Å². The summed E-state index contributed by atoms with van der Waals surface area (Å²) in [6.45, 7) is -0.643. The first-order valence-corrected chi connectivity index (χ1v) is 6.45. The molecule has 1 rings (SSSR count). The second-order valence-corrected chi connectivity index (χ2v) is 4.49. The number of methoxy groups -OCH3 is 1. The number of carbonyl (C=O) groups excluding carboxylic acids is 1. The quantitative estimate of drug-likeness (QED) is 0.235. The van der Waals surface area contributed by atoms with Gasteiger partial charge in [0, 0.05) is 26.3 Å². The number of esters is 1. The minimum absolute atomic E-state index is 0.0626. The Hall–Kier alpha value is -2.45. The Balaban J connectivity index is 2.90.